The molecule has 0 spiro atoms. The van der Waals surface area contributed by atoms with Crippen LogP contribution in [-0.2, 0) is 15.9 Å². The number of nitrogens with zero attached hydrogens (tertiary/aromatic N) is 1. The second-order valence-electron chi connectivity index (χ2n) is 8.83. The van der Waals surface area contributed by atoms with Gasteiger partial charge < -0.3 is 14.2 Å². The maximum absolute atomic E-state index is 13.1. The molecule has 1 aromatic rings. The molecular weight excluding hydrogens is 353 g/mol. The quantitative estimate of drug-likeness (QED) is 0.657. The van der Waals surface area contributed by atoms with Gasteiger partial charge >= 0.3 is 6.09 Å². The molecule has 0 bridgehead atoms. The van der Waals surface area contributed by atoms with E-state index in [2.05, 4.69) is 20.3 Å². The first-order valence-electron chi connectivity index (χ1n) is 10.4. The molecule has 4 atom stereocenters. The van der Waals surface area contributed by atoms with E-state index in [1.165, 1.54) is 5.56 Å². The number of methoxy groups -OCH3 is 1. The lowest BCUT2D eigenvalue weighted by Gasteiger charge is -2.36. The minimum absolute atomic E-state index is 0.0478. The van der Waals surface area contributed by atoms with Crippen LogP contribution in [0, 0.1) is 0 Å². The third-order valence-electron chi connectivity index (χ3n) is 5.37. The zero-order valence-corrected chi connectivity index (χ0v) is 17.8. The summed E-state index contributed by atoms with van der Waals surface area (Å²) in [5, 5.41) is 0. The second kappa shape index (κ2) is 8.77. The van der Waals surface area contributed by atoms with Gasteiger partial charge in [0, 0.05) is 12.0 Å². The molecule has 4 unspecified atom stereocenters. The van der Waals surface area contributed by atoms with Crippen molar-refractivity contribution in [2.45, 2.75) is 89.5 Å². The molecule has 0 saturated carbocycles. The lowest BCUT2D eigenvalue weighted by molar-refractivity contribution is -0.0285. The number of likely N-dealkylation sites (tertiary alicyclic amines) is 1. The first-order chi connectivity index (χ1) is 13.3. The van der Waals surface area contributed by atoms with Gasteiger partial charge in [-0.1, -0.05) is 25.4 Å². The molecule has 1 radical (unpaired) electrons. The molecule has 1 aromatic carbocycles. The van der Waals surface area contributed by atoms with Gasteiger partial charge in [0.05, 0.1) is 19.3 Å². The Kier molecular flexibility index (Phi) is 6.59. The smallest absolute Gasteiger partial charge is 0.410 e. The van der Waals surface area contributed by atoms with E-state index < -0.39 is 5.60 Å². The Morgan fingerprint density at radius 3 is 2.68 bits per heavy atom. The third kappa shape index (κ3) is 5.43. The number of rotatable bonds is 7. The van der Waals surface area contributed by atoms with Gasteiger partial charge in [0.25, 0.3) is 0 Å². The summed E-state index contributed by atoms with van der Waals surface area (Å²) in [6.45, 7) is 7.88. The normalized spacial score (nSPS) is 25.2. The summed E-state index contributed by atoms with van der Waals surface area (Å²) >= 11 is 0. The first-order valence-corrected chi connectivity index (χ1v) is 10.4. The Hall–Kier alpha value is -1.69. The van der Waals surface area contributed by atoms with Crippen LogP contribution in [0.15, 0.2) is 24.3 Å². The predicted molar refractivity (Wildman–Crippen MR) is 111 cm³/mol. The SMILES string of the molecule is CCC(OC1[B]C1)C1CCC(Cc2cccc(OC)c2)N1C(=O)OC(C)(C)C. The molecule has 6 heteroatoms. The summed E-state index contributed by atoms with van der Waals surface area (Å²) in [5.41, 5.74) is 0.653. The van der Waals surface area contributed by atoms with E-state index >= 15 is 0 Å². The number of amides is 1. The fourth-order valence-electron chi connectivity index (χ4n) is 4.00. The van der Waals surface area contributed by atoms with E-state index in [1.54, 1.807) is 7.11 Å². The summed E-state index contributed by atoms with van der Waals surface area (Å²) < 4.78 is 17.4. The van der Waals surface area contributed by atoms with E-state index in [9.17, 15) is 4.79 Å². The molecule has 0 aliphatic carbocycles. The van der Waals surface area contributed by atoms with E-state index in [4.69, 9.17) is 14.2 Å². The third-order valence-corrected chi connectivity index (χ3v) is 5.37. The minimum atomic E-state index is -0.516. The Balaban J connectivity index is 1.79. The molecule has 5 nitrogen and oxygen atoms in total. The molecule has 2 aliphatic rings. The number of hydrogen-bond donors (Lipinski definition) is 0. The fourth-order valence-corrected chi connectivity index (χ4v) is 4.00. The van der Waals surface area contributed by atoms with E-state index in [1.807, 2.05) is 43.9 Å². The average molecular weight is 386 g/mol. The molecule has 28 heavy (non-hydrogen) atoms. The highest BCUT2D eigenvalue weighted by atomic mass is 16.6. The van der Waals surface area contributed by atoms with Crippen molar-refractivity contribution in [1.29, 1.82) is 0 Å². The fraction of sp³-hybridized carbons (Fsp3) is 0.682. The maximum Gasteiger partial charge on any atom is 0.410 e. The predicted octanol–water partition coefficient (Wildman–Crippen LogP) is 4.26. The highest BCUT2D eigenvalue weighted by Gasteiger charge is 2.44. The van der Waals surface area contributed by atoms with Crippen LogP contribution in [0.5, 0.6) is 5.75 Å². The summed E-state index contributed by atoms with van der Waals surface area (Å²) in [6, 6.07) is 8.50. The Morgan fingerprint density at radius 1 is 1.32 bits per heavy atom. The zero-order chi connectivity index (χ0) is 20.3. The Labute approximate surface area is 170 Å². The van der Waals surface area contributed by atoms with E-state index in [0.29, 0.717) is 0 Å². The van der Waals surface area contributed by atoms with Crippen LogP contribution in [0.2, 0.25) is 6.32 Å². The van der Waals surface area contributed by atoms with Crippen molar-refractivity contribution in [3.05, 3.63) is 29.8 Å². The van der Waals surface area contributed by atoms with Gasteiger partial charge in [-0.25, -0.2) is 4.79 Å². The Bertz CT molecular complexity index is 671. The summed E-state index contributed by atoms with van der Waals surface area (Å²) in [5.74, 6) is 0.843. The zero-order valence-electron chi connectivity index (χ0n) is 17.8. The topological polar surface area (TPSA) is 48.0 Å². The minimum Gasteiger partial charge on any atom is -0.497 e. The van der Waals surface area contributed by atoms with Gasteiger partial charge in [-0.2, -0.15) is 0 Å². The van der Waals surface area contributed by atoms with E-state index in [-0.39, 0.29) is 30.3 Å². The van der Waals surface area contributed by atoms with Crippen LogP contribution in [-0.4, -0.2) is 55.2 Å². The van der Waals surface area contributed by atoms with Crippen molar-refractivity contribution in [3.8, 4) is 5.75 Å². The second-order valence-corrected chi connectivity index (χ2v) is 8.83. The molecule has 2 heterocycles. The molecule has 0 aromatic heterocycles. The van der Waals surface area contributed by atoms with Crippen LogP contribution in [0.4, 0.5) is 4.79 Å². The Morgan fingerprint density at radius 2 is 2.07 bits per heavy atom. The summed E-state index contributed by atoms with van der Waals surface area (Å²) in [6.07, 6.45) is 4.41. The molecule has 2 fully saturated rings. The van der Waals surface area contributed by atoms with Crippen molar-refractivity contribution < 1.29 is 19.0 Å². The number of carbonyl (C=O) groups is 1. The number of carbonyl (C=O) groups excluding carboxylic acids is 1. The molecule has 0 N–H and O–H groups in total. The molecule has 153 valence electrons. The van der Waals surface area contributed by atoms with Crippen molar-refractivity contribution >= 4 is 13.4 Å². The highest BCUT2D eigenvalue weighted by molar-refractivity contribution is 6.50. The van der Waals surface area contributed by atoms with Crippen molar-refractivity contribution in [2.24, 2.45) is 0 Å². The number of ether oxygens (including phenoxy) is 3. The summed E-state index contributed by atoms with van der Waals surface area (Å²) in [4.78, 5) is 15.1. The molecule has 2 aliphatic heterocycles. The number of hydrogen-bond acceptors (Lipinski definition) is 4. The van der Waals surface area contributed by atoms with Crippen LogP contribution in [0.25, 0.3) is 0 Å². The molecule has 1 amide bonds. The van der Waals surface area contributed by atoms with Crippen LogP contribution in [0.3, 0.4) is 0 Å². The summed E-state index contributed by atoms with van der Waals surface area (Å²) in [7, 11) is 3.85. The van der Waals surface area contributed by atoms with Gasteiger partial charge in [-0.05, 0) is 64.2 Å². The highest BCUT2D eigenvalue weighted by Crippen LogP contribution is 2.34. The lowest BCUT2D eigenvalue weighted by Crippen LogP contribution is -2.49. The van der Waals surface area contributed by atoms with Crippen LogP contribution < -0.4 is 4.74 Å². The van der Waals surface area contributed by atoms with Crippen LogP contribution in [0.1, 0.15) is 52.5 Å². The van der Waals surface area contributed by atoms with E-state index in [0.717, 1.165) is 37.8 Å². The van der Waals surface area contributed by atoms with Gasteiger partial charge in [0.15, 0.2) is 0 Å². The van der Waals surface area contributed by atoms with Gasteiger partial charge in [0.1, 0.15) is 18.6 Å². The van der Waals surface area contributed by atoms with Crippen LogP contribution >= 0.6 is 0 Å². The first kappa shape index (κ1) is 21.0. The van der Waals surface area contributed by atoms with Crippen molar-refractivity contribution in [2.75, 3.05) is 7.11 Å². The lowest BCUT2D eigenvalue weighted by atomic mass is 10.0. The monoisotopic (exact) mass is 386 g/mol. The molecule has 2 saturated heterocycles. The maximum atomic E-state index is 13.1. The standard InChI is InChI=1S/C22H33BNO4/c1-6-19(27-20-14-23-20)18-11-10-16(24(18)21(25)28-22(2,3)4)12-15-8-7-9-17(13-15)26-5/h7-9,13,16,18-20H,6,10-12,14H2,1-5H3. The van der Waals surface area contributed by atoms with Crippen molar-refractivity contribution in [1.82, 2.24) is 4.90 Å². The van der Waals surface area contributed by atoms with Gasteiger partial charge in [-0.15, -0.1) is 0 Å². The number of benzene rings is 1. The van der Waals surface area contributed by atoms with Gasteiger partial charge in [-0.3, -0.25) is 4.90 Å². The largest absolute Gasteiger partial charge is 0.497 e. The molecular formula is C22H33BNO4. The van der Waals surface area contributed by atoms with Crippen molar-refractivity contribution in [3.63, 3.8) is 0 Å². The molecule has 3 rings (SSSR count). The average Bonchev–Trinajstić information content (AvgIpc) is 3.36. The van der Waals surface area contributed by atoms with Gasteiger partial charge in [0.2, 0.25) is 0 Å².